The van der Waals surface area contributed by atoms with Crippen molar-refractivity contribution < 1.29 is 9.53 Å². The molecule has 0 heterocycles. The normalized spacial score (nSPS) is 16.3. The van der Waals surface area contributed by atoms with Gasteiger partial charge in [-0.2, -0.15) is 0 Å². The quantitative estimate of drug-likeness (QED) is 0.820. The molecule has 19 heavy (non-hydrogen) atoms. The third-order valence-corrected chi connectivity index (χ3v) is 3.57. The van der Waals surface area contributed by atoms with E-state index in [1.165, 1.54) is 19.3 Å². The predicted molar refractivity (Wildman–Crippen MR) is 77.0 cm³/mol. The molecule has 1 aromatic rings. The smallest absolute Gasteiger partial charge is 0.250 e. The van der Waals surface area contributed by atoms with Crippen LogP contribution in [0.1, 0.15) is 37.7 Å². The van der Waals surface area contributed by atoms with Gasteiger partial charge in [0.25, 0.3) is 0 Å². The molecule has 1 fully saturated rings. The molecule has 1 amide bonds. The van der Waals surface area contributed by atoms with Crippen molar-refractivity contribution in [2.75, 3.05) is 17.7 Å². The Hall–Kier alpha value is -1.55. The molecule has 1 aliphatic rings. The Bertz CT molecular complexity index is 440. The van der Waals surface area contributed by atoms with Crippen molar-refractivity contribution in [3.8, 4) is 0 Å². The number of amides is 1. The summed E-state index contributed by atoms with van der Waals surface area (Å²) in [6.07, 6.45) is 6.11. The van der Waals surface area contributed by atoms with Crippen molar-refractivity contribution in [3.05, 3.63) is 23.8 Å². The molecule has 104 valence electrons. The van der Waals surface area contributed by atoms with Gasteiger partial charge in [0.05, 0.1) is 6.10 Å². The highest BCUT2D eigenvalue weighted by Crippen LogP contribution is 2.20. The van der Waals surface area contributed by atoms with E-state index in [-0.39, 0.29) is 18.6 Å². The Morgan fingerprint density at radius 2 is 2.11 bits per heavy atom. The van der Waals surface area contributed by atoms with Gasteiger partial charge < -0.3 is 15.8 Å². The molecule has 0 atom stereocenters. The van der Waals surface area contributed by atoms with Crippen LogP contribution in [-0.4, -0.2) is 18.6 Å². The van der Waals surface area contributed by atoms with Crippen LogP contribution in [0.4, 0.5) is 11.4 Å². The topological polar surface area (TPSA) is 64.3 Å². The average Bonchev–Trinajstić information content (AvgIpc) is 2.42. The summed E-state index contributed by atoms with van der Waals surface area (Å²) >= 11 is 0. The van der Waals surface area contributed by atoms with Gasteiger partial charge in [-0.25, -0.2) is 0 Å². The van der Waals surface area contributed by atoms with Crippen LogP contribution in [0.15, 0.2) is 18.2 Å². The van der Waals surface area contributed by atoms with Gasteiger partial charge >= 0.3 is 0 Å². The van der Waals surface area contributed by atoms with Crippen molar-refractivity contribution in [3.63, 3.8) is 0 Å². The summed E-state index contributed by atoms with van der Waals surface area (Å²) in [7, 11) is 0. The summed E-state index contributed by atoms with van der Waals surface area (Å²) in [5.74, 6) is -0.117. The van der Waals surface area contributed by atoms with Gasteiger partial charge in [-0.3, -0.25) is 4.79 Å². The zero-order chi connectivity index (χ0) is 13.7. The minimum atomic E-state index is -0.117. The van der Waals surface area contributed by atoms with Gasteiger partial charge in [-0.1, -0.05) is 25.3 Å². The lowest BCUT2D eigenvalue weighted by atomic mass is 9.98. The molecular formula is C15H22N2O2. The Balaban J connectivity index is 1.78. The van der Waals surface area contributed by atoms with Gasteiger partial charge in [-0.15, -0.1) is 0 Å². The summed E-state index contributed by atoms with van der Waals surface area (Å²) in [4.78, 5) is 11.8. The first kappa shape index (κ1) is 13.9. The number of ether oxygens (including phenoxy) is 1. The van der Waals surface area contributed by atoms with E-state index in [1.807, 2.05) is 19.1 Å². The molecule has 0 saturated heterocycles. The van der Waals surface area contributed by atoms with Gasteiger partial charge in [0.2, 0.25) is 5.91 Å². The lowest BCUT2D eigenvalue weighted by molar-refractivity contribution is -0.123. The number of carbonyl (C=O) groups is 1. The molecule has 4 nitrogen and oxygen atoms in total. The predicted octanol–water partition coefficient (Wildman–Crippen LogP) is 2.87. The largest absolute Gasteiger partial charge is 0.398 e. The summed E-state index contributed by atoms with van der Waals surface area (Å²) in [6, 6.07) is 5.52. The van der Waals surface area contributed by atoms with Crippen LogP contribution >= 0.6 is 0 Å². The van der Waals surface area contributed by atoms with E-state index in [4.69, 9.17) is 10.5 Å². The van der Waals surface area contributed by atoms with Crippen LogP contribution in [0.5, 0.6) is 0 Å². The molecule has 1 saturated carbocycles. The number of nitrogens with one attached hydrogen (secondary N) is 1. The third-order valence-electron chi connectivity index (χ3n) is 3.57. The fourth-order valence-corrected chi connectivity index (χ4v) is 2.34. The minimum absolute atomic E-state index is 0.117. The van der Waals surface area contributed by atoms with E-state index >= 15 is 0 Å². The molecule has 0 bridgehead atoms. The second-order valence-corrected chi connectivity index (χ2v) is 5.19. The Morgan fingerprint density at radius 3 is 2.79 bits per heavy atom. The van der Waals surface area contributed by atoms with Gasteiger partial charge in [0, 0.05) is 11.4 Å². The third kappa shape index (κ3) is 4.24. The summed E-state index contributed by atoms with van der Waals surface area (Å²) in [5.41, 5.74) is 8.22. The zero-order valence-electron chi connectivity index (χ0n) is 11.4. The van der Waals surface area contributed by atoms with Crippen molar-refractivity contribution >= 4 is 17.3 Å². The number of nitrogen functional groups attached to an aromatic ring is 1. The molecule has 3 N–H and O–H groups in total. The maximum Gasteiger partial charge on any atom is 0.250 e. The van der Waals surface area contributed by atoms with Crippen LogP contribution in [0, 0.1) is 6.92 Å². The first-order valence-corrected chi connectivity index (χ1v) is 6.93. The van der Waals surface area contributed by atoms with Gasteiger partial charge in [-0.05, 0) is 37.5 Å². The highest BCUT2D eigenvalue weighted by Gasteiger charge is 2.15. The summed E-state index contributed by atoms with van der Waals surface area (Å²) < 4.78 is 5.63. The van der Waals surface area contributed by atoms with Crippen LogP contribution in [0.3, 0.4) is 0 Å². The van der Waals surface area contributed by atoms with Crippen LogP contribution in [0.2, 0.25) is 0 Å². The highest BCUT2D eigenvalue weighted by atomic mass is 16.5. The Morgan fingerprint density at radius 1 is 1.37 bits per heavy atom. The van der Waals surface area contributed by atoms with Crippen molar-refractivity contribution in [2.45, 2.75) is 45.1 Å². The molecule has 0 radical (unpaired) electrons. The molecule has 0 aliphatic heterocycles. The van der Waals surface area contributed by atoms with E-state index in [2.05, 4.69) is 5.32 Å². The Labute approximate surface area is 114 Å². The molecule has 2 rings (SSSR count). The number of rotatable bonds is 4. The summed E-state index contributed by atoms with van der Waals surface area (Å²) in [5, 5.41) is 2.81. The number of hydrogen-bond acceptors (Lipinski definition) is 3. The van der Waals surface area contributed by atoms with Gasteiger partial charge in [0.1, 0.15) is 6.61 Å². The number of nitrogens with two attached hydrogens (primary N) is 1. The number of anilines is 2. The lowest BCUT2D eigenvalue weighted by Gasteiger charge is -2.21. The molecule has 1 aliphatic carbocycles. The fourth-order valence-electron chi connectivity index (χ4n) is 2.34. The molecular weight excluding hydrogens is 240 g/mol. The number of carbonyl (C=O) groups excluding carboxylic acids is 1. The first-order chi connectivity index (χ1) is 9.15. The van der Waals surface area contributed by atoms with E-state index in [0.717, 1.165) is 24.1 Å². The number of hydrogen-bond donors (Lipinski definition) is 2. The van der Waals surface area contributed by atoms with E-state index in [1.54, 1.807) is 6.07 Å². The van der Waals surface area contributed by atoms with Crippen molar-refractivity contribution in [1.82, 2.24) is 0 Å². The zero-order valence-corrected chi connectivity index (χ0v) is 11.4. The van der Waals surface area contributed by atoms with Crippen molar-refractivity contribution in [2.24, 2.45) is 0 Å². The molecule has 4 heteroatoms. The molecule has 0 aromatic heterocycles. The number of benzene rings is 1. The van der Waals surface area contributed by atoms with E-state index < -0.39 is 0 Å². The van der Waals surface area contributed by atoms with Crippen LogP contribution in [0.25, 0.3) is 0 Å². The Kier molecular flexibility index (Phi) is 4.80. The second-order valence-electron chi connectivity index (χ2n) is 5.19. The maximum absolute atomic E-state index is 11.8. The van der Waals surface area contributed by atoms with Crippen molar-refractivity contribution in [1.29, 1.82) is 0 Å². The fraction of sp³-hybridized carbons (Fsp3) is 0.533. The van der Waals surface area contributed by atoms with Crippen LogP contribution < -0.4 is 11.1 Å². The summed E-state index contributed by atoms with van der Waals surface area (Å²) in [6.45, 7) is 2.06. The standard InChI is InChI=1S/C15H22N2O2/c1-11-7-8-12(9-14(11)16)17-15(18)10-19-13-5-3-2-4-6-13/h7-9,13H,2-6,10,16H2,1H3,(H,17,18). The minimum Gasteiger partial charge on any atom is -0.398 e. The first-order valence-electron chi connectivity index (χ1n) is 6.93. The maximum atomic E-state index is 11.8. The average molecular weight is 262 g/mol. The van der Waals surface area contributed by atoms with E-state index in [9.17, 15) is 4.79 Å². The molecule has 0 unspecified atom stereocenters. The highest BCUT2D eigenvalue weighted by molar-refractivity contribution is 5.92. The number of aryl methyl sites for hydroxylation is 1. The molecule has 0 spiro atoms. The van der Waals surface area contributed by atoms with Crippen LogP contribution in [-0.2, 0) is 9.53 Å². The lowest BCUT2D eigenvalue weighted by Crippen LogP contribution is -2.24. The molecule has 1 aromatic carbocycles. The SMILES string of the molecule is Cc1ccc(NC(=O)COC2CCCCC2)cc1N. The van der Waals surface area contributed by atoms with Gasteiger partial charge in [0.15, 0.2) is 0 Å². The monoisotopic (exact) mass is 262 g/mol. The van der Waals surface area contributed by atoms with E-state index in [0.29, 0.717) is 5.69 Å². The second kappa shape index (κ2) is 6.57.